The van der Waals surface area contributed by atoms with E-state index in [2.05, 4.69) is 13.8 Å². The van der Waals surface area contributed by atoms with E-state index in [0.717, 1.165) is 29.9 Å². The van der Waals surface area contributed by atoms with Crippen LogP contribution in [0.5, 0.6) is 5.75 Å². The predicted molar refractivity (Wildman–Crippen MR) is 80.6 cm³/mol. The molecule has 0 aliphatic carbocycles. The molecule has 3 nitrogen and oxygen atoms in total. The summed E-state index contributed by atoms with van der Waals surface area (Å²) in [5.41, 5.74) is 1.71. The molecule has 1 aromatic carbocycles. The van der Waals surface area contributed by atoms with Gasteiger partial charge in [-0.2, -0.15) is 0 Å². The highest BCUT2D eigenvalue weighted by Gasteiger charge is 2.05. The molecular formula is C17H26O3. The van der Waals surface area contributed by atoms with Gasteiger partial charge in [-0.15, -0.1) is 0 Å². The molecule has 3 heteroatoms. The predicted octanol–water partition coefficient (Wildman–Crippen LogP) is 4.35. The summed E-state index contributed by atoms with van der Waals surface area (Å²) in [5, 5.41) is 9.42. The van der Waals surface area contributed by atoms with Gasteiger partial charge in [-0.05, 0) is 42.5 Å². The van der Waals surface area contributed by atoms with Crippen molar-refractivity contribution in [3.63, 3.8) is 0 Å². The minimum atomic E-state index is -0.139. The first kappa shape index (κ1) is 16.5. The molecule has 0 aliphatic rings. The third-order valence-corrected chi connectivity index (χ3v) is 3.32. The minimum absolute atomic E-state index is 0.139. The smallest absolute Gasteiger partial charge is 0.306 e. The highest BCUT2D eigenvalue weighted by molar-refractivity contribution is 5.69. The Hall–Kier alpha value is -1.51. The number of ether oxygens (including phenoxy) is 1. The number of hydrogen-bond acceptors (Lipinski definition) is 3. The molecule has 0 heterocycles. The van der Waals surface area contributed by atoms with Crippen molar-refractivity contribution in [3.05, 3.63) is 29.3 Å². The molecule has 0 amide bonds. The van der Waals surface area contributed by atoms with Crippen molar-refractivity contribution in [1.82, 2.24) is 0 Å². The molecule has 1 N–H and O–H groups in total. The number of carbonyl (C=O) groups is 1. The van der Waals surface area contributed by atoms with E-state index in [1.54, 1.807) is 12.1 Å². The SMILES string of the molecule is Cc1cc(COC(=O)CCCCCC(C)C)ccc1O. The lowest BCUT2D eigenvalue weighted by atomic mass is 10.0. The Balaban J connectivity index is 2.18. The van der Waals surface area contributed by atoms with E-state index in [1.165, 1.54) is 12.8 Å². The monoisotopic (exact) mass is 278 g/mol. The Labute approximate surface area is 122 Å². The highest BCUT2D eigenvalue weighted by Crippen LogP contribution is 2.17. The lowest BCUT2D eigenvalue weighted by Gasteiger charge is -2.07. The molecule has 112 valence electrons. The number of esters is 1. The number of hydrogen-bond donors (Lipinski definition) is 1. The highest BCUT2D eigenvalue weighted by atomic mass is 16.5. The molecule has 0 atom stereocenters. The van der Waals surface area contributed by atoms with Crippen LogP contribution in [0.15, 0.2) is 18.2 Å². The van der Waals surface area contributed by atoms with E-state index >= 15 is 0 Å². The second-order valence-corrected chi connectivity index (χ2v) is 5.77. The molecule has 0 saturated carbocycles. The van der Waals surface area contributed by atoms with Crippen LogP contribution in [-0.4, -0.2) is 11.1 Å². The Kier molecular flexibility index (Phi) is 7.13. The Bertz CT molecular complexity index is 424. The number of unbranched alkanes of at least 4 members (excludes halogenated alkanes) is 2. The first-order valence-electron chi connectivity index (χ1n) is 7.43. The molecule has 1 aromatic rings. The van der Waals surface area contributed by atoms with Gasteiger partial charge in [-0.25, -0.2) is 0 Å². The summed E-state index contributed by atoms with van der Waals surface area (Å²) in [6.07, 6.45) is 4.89. The van der Waals surface area contributed by atoms with Gasteiger partial charge >= 0.3 is 5.97 Å². The van der Waals surface area contributed by atoms with Crippen molar-refractivity contribution in [1.29, 1.82) is 0 Å². The van der Waals surface area contributed by atoms with Gasteiger partial charge in [0.1, 0.15) is 12.4 Å². The van der Waals surface area contributed by atoms with E-state index in [-0.39, 0.29) is 18.3 Å². The van der Waals surface area contributed by atoms with Crippen LogP contribution in [0.25, 0.3) is 0 Å². The lowest BCUT2D eigenvalue weighted by Crippen LogP contribution is -2.04. The summed E-state index contributed by atoms with van der Waals surface area (Å²) in [6.45, 7) is 6.54. The van der Waals surface area contributed by atoms with E-state index in [0.29, 0.717) is 6.42 Å². The number of phenols is 1. The molecule has 0 bridgehead atoms. The second-order valence-electron chi connectivity index (χ2n) is 5.77. The van der Waals surface area contributed by atoms with Gasteiger partial charge in [0.25, 0.3) is 0 Å². The maximum atomic E-state index is 11.6. The topological polar surface area (TPSA) is 46.5 Å². The van der Waals surface area contributed by atoms with Gasteiger partial charge in [0.15, 0.2) is 0 Å². The van der Waals surface area contributed by atoms with Crippen molar-refractivity contribution in [2.45, 2.75) is 59.5 Å². The zero-order valence-electron chi connectivity index (χ0n) is 12.8. The summed E-state index contributed by atoms with van der Waals surface area (Å²) in [5.74, 6) is 0.866. The molecule has 0 aliphatic heterocycles. The molecule has 1 rings (SSSR count). The van der Waals surface area contributed by atoms with Crippen LogP contribution in [0.4, 0.5) is 0 Å². The first-order valence-corrected chi connectivity index (χ1v) is 7.43. The van der Waals surface area contributed by atoms with Crippen LogP contribution in [0.3, 0.4) is 0 Å². The number of aromatic hydroxyl groups is 1. The van der Waals surface area contributed by atoms with E-state index in [9.17, 15) is 9.90 Å². The summed E-state index contributed by atoms with van der Waals surface area (Å²) < 4.78 is 5.23. The van der Waals surface area contributed by atoms with Gasteiger partial charge < -0.3 is 9.84 Å². The van der Waals surface area contributed by atoms with Gasteiger partial charge in [-0.1, -0.05) is 39.2 Å². The fourth-order valence-corrected chi connectivity index (χ4v) is 2.04. The van der Waals surface area contributed by atoms with Gasteiger partial charge in [0.2, 0.25) is 0 Å². The van der Waals surface area contributed by atoms with Crippen LogP contribution in [0, 0.1) is 12.8 Å². The van der Waals surface area contributed by atoms with Crippen molar-refractivity contribution in [2.75, 3.05) is 0 Å². The largest absolute Gasteiger partial charge is 0.508 e. The summed E-state index contributed by atoms with van der Waals surface area (Å²) in [7, 11) is 0. The Morgan fingerprint density at radius 3 is 2.65 bits per heavy atom. The number of phenolic OH excluding ortho intramolecular Hbond substituents is 1. The zero-order valence-corrected chi connectivity index (χ0v) is 12.8. The van der Waals surface area contributed by atoms with E-state index in [4.69, 9.17) is 4.74 Å². The second kappa shape index (κ2) is 8.62. The van der Waals surface area contributed by atoms with Crippen molar-refractivity contribution in [3.8, 4) is 5.75 Å². The average Bonchev–Trinajstić information content (AvgIpc) is 2.39. The fourth-order valence-electron chi connectivity index (χ4n) is 2.04. The minimum Gasteiger partial charge on any atom is -0.508 e. The Morgan fingerprint density at radius 2 is 2.00 bits per heavy atom. The summed E-state index contributed by atoms with van der Waals surface area (Å²) >= 11 is 0. The van der Waals surface area contributed by atoms with Crippen molar-refractivity contribution < 1.29 is 14.6 Å². The van der Waals surface area contributed by atoms with E-state index < -0.39 is 0 Å². The molecule has 0 aromatic heterocycles. The number of aryl methyl sites for hydroxylation is 1. The Morgan fingerprint density at radius 1 is 1.25 bits per heavy atom. The lowest BCUT2D eigenvalue weighted by molar-refractivity contribution is -0.145. The number of benzene rings is 1. The number of carbonyl (C=O) groups excluding carboxylic acids is 1. The zero-order chi connectivity index (χ0) is 15.0. The van der Waals surface area contributed by atoms with Crippen molar-refractivity contribution >= 4 is 5.97 Å². The third kappa shape index (κ3) is 6.60. The van der Waals surface area contributed by atoms with Gasteiger partial charge in [-0.3, -0.25) is 4.79 Å². The van der Waals surface area contributed by atoms with Crippen LogP contribution in [0.2, 0.25) is 0 Å². The number of rotatable bonds is 8. The average molecular weight is 278 g/mol. The van der Waals surface area contributed by atoms with E-state index in [1.807, 2.05) is 13.0 Å². The summed E-state index contributed by atoms with van der Waals surface area (Å²) in [4.78, 5) is 11.6. The fraction of sp³-hybridized carbons (Fsp3) is 0.588. The van der Waals surface area contributed by atoms with Gasteiger partial charge in [0, 0.05) is 6.42 Å². The van der Waals surface area contributed by atoms with Gasteiger partial charge in [0.05, 0.1) is 0 Å². The van der Waals surface area contributed by atoms with Crippen LogP contribution in [-0.2, 0) is 16.1 Å². The van der Waals surface area contributed by atoms with Crippen LogP contribution < -0.4 is 0 Å². The molecule has 0 radical (unpaired) electrons. The maximum Gasteiger partial charge on any atom is 0.306 e. The third-order valence-electron chi connectivity index (χ3n) is 3.32. The first-order chi connectivity index (χ1) is 9.49. The standard InChI is InChI=1S/C17H26O3/c1-13(2)7-5-4-6-8-17(19)20-12-15-9-10-16(18)14(3)11-15/h9-11,13,18H,4-8,12H2,1-3H3. The molecule has 0 saturated heterocycles. The molecule has 20 heavy (non-hydrogen) atoms. The van der Waals surface area contributed by atoms with Crippen LogP contribution >= 0.6 is 0 Å². The normalized spacial score (nSPS) is 10.8. The summed E-state index contributed by atoms with van der Waals surface area (Å²) in [6, 6.07) is 5.24. The van der Waals surface area contributed by atoms with Crippen LogP contribution in [0.1, 0.15) is 57.1 Å². The molecular weight excluding hydrogens is 252 g/mol. The molecule has 0 spiro atoms. The van der Waals surface area contributed by atoms with Crippen molar-refractivity contribution in [2.24, 2.45) is 5.92 Å². The quantitative estimate of drug-likeness (QED) is 0.568. The molecule has 0 fully saturated rings. The molecule has 0 unspecified atom stereocenters. The maximum absolute atomic E-state index is 11.6.